The highest BCUT2D eigenvalue weighted by Gasteiger charge is 2.15. The van der Waals surface area contributed by atoms with E-state index < -0.39 is 0 Å². The molecule has 7 heteroatoms. The van der Waals surface area contributed by atoms with Gasteiger partial charge in [-0.15, -0.1) is 0 Å². The molecule has 0 saturated carbocycles. The molecule has 0 N–H and O–H groups in total. The van der Waals surface area contributed by atoms with Crippen molar-refractivity contribution in [2.45, 2.75) is 26.2 Å². The Morgan fingerprint density at radius 1 is 1.10 bits per heavy atom. The van der Waals surface area contributed by atoms with Gasteiger partial charge in [0.15, 0.2) is 0 Å². The Kier molecular flexibility index (Phi) is 6.01. The van der Waals surface area contributed by atoms with E-state index >= 15 is 0 Å². The van der Waals surface area contributed by atoms with Crippen LogP contribution in [0.2, 0.25) is 0 Å². The monoisotopic (exact) mass is 526 g/mol. The van der Waals surface area contributed by atoms with Gasteiger partial charge < -0.3 is 4.57 Å². The van der Waals surface area contributed by atoms with Crippen LogP contribution in [-0.4, -0.2) is 20.4 Å². The summed E-state index contributed by atoms with van der Waals surface area (Å²) in [5.74, 6) is 0.758. The van der Waals surface area contributed by atoms with E-state index in [1.54, 1.807) is 12.3 Å². The molecule has 2 heterocycles. The number of fused-ring (bicyclic) bond motifs is 1. The summed E-state index contributed by atoms with van der Waals surface area (Å²) >= 11 is 6.96. The second-order valence-corrected chi connectivity index (χ2v) is 8.92. The van der Waals surface area contributed by atoms with E-state index in [0.29, 0.717) is 16.7 Å². The van der Waals surface area contributed by atoms with Crippen molar-refractivity contribution in [2.24, 2.45) is 5.10 Å². The van der Waals surface area contributed by atoms with Crippen molar-refractivity contribution in [3.63, 3.8) is 0 Å². The average Bonchev–Trinajstić information content (AvgIpc) is 3.21. The highest BCUT2D eigenvalue weighted by Crippen LogP contribution is 2.21. The fourth-order valence-electron chi connectivity index (χ4n) is 3.26. The maximum Gasteiger partial charge on any atom is 0.282 e. The summed E-state index contributed by atoms with van der Waals surface area (Å²) in [5.41, 5.74) is 2.38. The maximum absolute atomic E-state index is 13.3. The lowest BCUT2D eigenvalue weighted by Gasteiger charge is -2.14. The Morgan fingerprint density at radius 3 is 2.67 bits per heavy atom. The lowest BCUT2D eigenvalue weighted by Crippen LogP contribution is -2.23. The van der Waals surface area contributed by atoms with Gasteiger partial charge >= 0.3 is 0 Å². The normalized spacial score (nSPS) is 12.7. The fourth-order valence-corrected chi connectivity index (χ4v) is 4.00. The van der Waals surface area contributed by atoms with Crippen LogP contribution in [0.3, 0.4) is 0 Å². The summed E-state index contributed by atoms with van der Waals surface area (Å²) in [5, 5.41) is 5.11. The highest BCUT2D eigenvalue weighted by molar-refractivity contribution is 9.10. The number of rotatable bonds is 5. The predicted octanol–water partition coefficient (Wildman–Crippen LogP) is 6.11. The van der Waals surface area contributed by atoms with Crippen molar-refractivity contribution >= 4 is 49.0 Å². The number of halogens is 2. The number of aromatic nitrogens is 3. The molecule has 4 aromatic rings. The Bertz CT molecular complexity index is 1310. The molecule has 30 heavy (non-hydrogen) atoms. The van der Waals surface area contributed by atoms with Crippen LogP contribution in [0.5, 0.6) is 0 Å². The number of hydrogen-bond acceptors (Lipinski definition) is 3. The molecule has 2 aromatic carbocycles. The zero-order valence-corrected chi connectivity index (χ0v) is 19.8. The van der Waals surface area contributed by atoms with E-state index in [1.165, 1.54) is 4.68 Å². The van der Waals surface area contributed by atoms with Gasteiger partial charge in [-0.25, -0.2) is 4.98 Å². The van der Waals surface area contributed by atoms with Gasteiger partial charge in [0.05, 0.1) is 22.8 Å². The van der Waals surface area contributed by atoms with Crippen LogP contribution in [-0.2, 0) is 0 Å². The molecule has 0 saturated heterocycles. The molecule has 0 aliphatic heterocycles. The van der Waals surface area contributed by atoms with Crippen molar-refractivity contribution in [2.75, 3.05) is 0 Å². The van der Waals surface area contributed by atoms with Crippen LogP contribution < -0.4 is 5.56 Å². The third kappa shape index (κ3) is 4.04. The lowest BCUT2D eigenvalue weighted by atomic mass is 10.1. The van der Waals surface area contributed by atoms with E-state index in [-0.39, 0.29) is 11.5 Å². The van der Waals surface area contributed by atoms with E-state index in [0.717, 1.165) is 26.7 Å². The van der Waals surface area contributed by atoms with Crippen molar-refractivity contribution in [1.29, 1.82) is 0 Å². The Balaban J connectivity index is 1.85. The van der Waals surface area contributed by atoms with Gasteiger partial charge in [0.1, 0.15) is 5.82 Å². The van der Waals surface area contributed by atoms with Crippen LogP contribution in [0.25, 0.3) is 16.6 Å². The van der Waals surface area contributed by atoms with Gasteiger partial charge in [0, 0.05) is 26.7 Å². The lowest BCUT2D eigenvalue weighted by molar-refractivity contribution is 0.613. The summed E-state index contributed by atoms with van der Waals surface area (Å²) in [4.78, 5) is 18.0. The average molecular weight is 528 g/mol. The van der Waals surface area contributed by atoms with Crippen LogP contribution >= 0.6 is 31.9 Å². The summed E-state index contributed by atoms with van der Waals surface area (Å²) in [6, 6.07) is 17.5. The Morgan fingerprint density at radius 2 is 1.90 bits per heavy atom. The molecule has 0 fully saturated rings. The minimum Gasteiger partial charge on any atom is -0.316 e. The molecular weight excluding hydrogens is 508 g/mol. The zero-order chi connectivity index (χ0) is 21.3. The highest BCUT2D eigenvalue weighted by atomic mass is 79.9. The molecule has 5 nitrogen and oxygen atoms in total. The fraction of sp³-hybridized carbons (Fsp3) is 0.174. The first-order valence-corrected chi connectivity index (χ1v) is 11.3. The molecule has 1 atom stereocenters. The van der Waals surface area contributed by atoms with Gasteiger partial charge in [0.2, 0.25) is 0 Å². The van der Waals surface area contributed by atoms with Gasteiger partial charge in [-0.1, -0.05) is 51.8 Å². The maximum atomic E-state index is 13.3. The molecule has 152 valence electrons. The second-order valence-electron chi connectivity index (χ2n) is 7.09. The molecule has 0 radical (unpaired) electrons. The van der Waals surface area contributed by atoms with Crippen LogP contribution in [0.15, 0.2) is 79.6 Å². The van der Waals surface area contributed by atoms with Gasteiger partial charge in [-0.2, -0.15) is 9.78 Å². The second kappa shape index (κ2) is 8.70. The quantitative estimate of drug-likeness (QED) is 0.294. The molecule has 0 bridgehead atoms. The minimum atomic E-state index is -0.173. The van der Waals surface area contributed by atoms with E-state index in [1.807, 2.05) is 59.3 Å². The molecule has 0 unspecified atom stereocenters. The standard InChI is InChI=1S/C23H20Br2N4O/c1-3-15(2)22-27-21-10-9-17(25)13-20(21)23(30)29(22)26-14-19-8-5-11-28(19)18-7-4-6-16(24)12-18/h4-15H,3H2,1-2H3/t15-/m0/s1. The zero-order valence-electron chi connectivity index (χ0n) is 16.6. The first-order valence-electron chi connectivity index (χ1n) is 9.67. The van der Waals surface area contributed by atoms with Crippen molar-refractivity contribution in [3.8, 4) is 5.69 Å². The van der Waals surface area contributed by atoms with Crippen molar-refractivity contribution < 1.29 is 0 Å². The van der Waals surface area contributed by atoms with Crippen molar-refractivity contribution in [1.82, 2.24) is 14.2 Å². The van der Waals surface area contributed by atoms with E-state index in [4.69, 9.17) is 4.98 Å². The Hall–Kier alpha value is -2.51. The molecule has 0 amide bonds. The summed E-state index contributed by atoms with van der Waals surface area (Å²) < 4.78 is 5.29. The SMILES string of the molecule is CC[C@H](C)c1nc2ccc(Br)cc2c(=O)n1N=Cc1cccn1-c1cccc(Br)c1. The van der Waals surface area contributed by atoms with Crippen LogP contribution in [0.4, 0.5) is 0 Å². The number of nitrogens with zero attached hydrogens (tertiary/aromatic N) is 4. The van der Waals surface area contributed by atoms with Gasteiger partial charge in [0.25, 0.3) is 5.56 Å². The van der Waals surface area contributed by atoms with E-state index in [2.05, 4.69) is 50.8 Å². The van der Waals surface area contributed by atoms with Gasteiger partial charge in [-0.05, 0) is 55.0 Å². The predicted molar refractivity (Wildman–Crippen MR) is 129 cm³/mol. The molecule has 2 aromatic heterocycles. The van der Waals surface area contributed by atoms with Gasteiger partial charge in [-0.3, -0.25) is 4.79 Å². The van der Waals surface area contributed by atoms with Crippen molar-refractivity contribution in [3.05, 3.63) is 91.6 Å². The molecular formula is C23H20Br2N4O. The third-order valence-corrected chi connectivity index (χ3v) is 6.05. The van der Waals surface area contributed by atoms with Crippen LogP contribution in [0, 0.1) is 0 Å². The smallest absolute Gasteiger partial charge is 0.282 e. The minimum absolute atomic E-state index is 0.0970. The summed E-state index contributed by atoms with van der Waals surface area (Å²) in [6.45, 7) is 4.14. The number of hydrogen-bond donors (Lipinski definition) is 0. The topological polar surface area (TPSA) is 52.2 Å². The summed E-state index contributed by atoms with van der Waals surface area (Å²) in [6.07, 6.45) is 4.54. The molecule has 4 rings (SSSR count). The largest absolute Gasteiger partial charge is 0.316 e. The first-order chi connectivity index (χ1) is 14.5. The van der Waals surface area contributed by atoms with E-state index in [9.17, 15) is 4.79 Å². The summed E-state index contributed by atoms with van der Waals surface area (Å²) in [7, 11) is 0. The number of benzene rings is 2. The first kappa shape index (κ1) is 20.8. The molecule has 0 aliphatic carbocycles. The molecule has 0 aliphatic rings. The Labute approximate surface area is 191 Å². The van der Waals surface area contributed by atoms with Crippen LogP contribution in [0.1, 0.15) is 37.7 Å². The third-order valence-electron chi connectivity index (χ3n) is 5.06. The molecule has 0 spiro atoms.